The SMILES string of the molecule is CC[C@@H](C)[C@@H]1NC(=O)C[C@@H](C(=O)NCCc2ccccc2C)NC(=O)c2ccccc2OCCN(C)C1=O. The molecular weight excluding hydrogens is 484 g/mol. The summed E-state index contributed by atoms with van der Waals surface area (Å²) in [6.07, 6.45) is 0.974. The fourth-order valence-electron chi connectivity index (χ4n) is 4.30. The number of aryl methyl sites for hydroxylation is 1. The van der Waals surface area contributed by atoms with Crippen LogP contribution in [-0.4, -0.2) is 67.4 Å². The average molecular weight is 523 g/mol. The van der Waals surface area contributed by atoms with Crippen molar-refractivity contribution in [1.29, 1.82) is 0 Å². The third-order valence-electron chi connectivity index (χ3n) is 6.95. The Morgan fingerprint density at radius 2 is 1.82 bits per heavy atom. The molecule has 9 heteroatoms. The maximum absolute atomic E-state index is 13.2. The molecule has 0 aromatic heterocycles. The van der Waals surface area contributed by atoms with Crippen LogP contribution in [0.2, 0.25) is 0 Å². The summed E-state index contributed by atoms with van der Waals surface area (Å²) in [7, 11) is 1.66. The minimum Gasteiger partial charge on any atom is -0.491 e. The molecule has 0 bridgehead atoms. The molecule has 3 N–H and O–H groups in total. The number of fused-ring (bicyclic) bond motifs is 1. The lowest BCUT2D eigenvalue weighted by atomic mass is 9.97. The minimum absolute atomic E-state index is 0.126. The lowest BCUT2D eigenvalue weighted by Crippen LogP contribution is -2.54. The Morgan fingerprint density at radius 1 is 1.11 bits per heavy atom. The van der Waals surface area contributed by atoms with E-state index in [2.05, 4.69) is 16.0 Å². The Labute approximate surface area is 224 Å². The highest BCUT2D eigenvalue weighted by atomic mass is 16.5. The highest BCUT2D eigenvalue weighted by molar-refractivity contribution is 6.01. The van der Waals surface area contributed by atoms with Gasteiger partial charge in [-0.25, -0.2) is 0 Å². The Morgan fingerprint density at radius 3 is 2.55 bits per heavy atom. The molecule has 2 aromatic rings. The van der Waals surface area contributed by atoms with E-state index < -0.39 is 29.8 Å². The van der Waals surface area contributed by atoms with Gasteiger partial charge in [-0.1, -0.05) is 56.7 Å². The number of hydrogen-bond acceptors (Lipinski definition) is 5. The predicted octanol–water partition coefficient (Wildman–Crippen LogP) is 2.22. The van der Waals surface area contributed by atoms with E-state index >= 15 is 0 Å². The van der Waals surface area contributed by atoms with Gasteiger partial charge in [-0.3, -0.25) is 19.2 Å². The lowest BCUT2D eigenvalue weighted by molar-refractivity contribution is -0.137. The van der Waals surface area contributed by atoms with Gasteiger partial charge < -0.3 is 25.6 Å². The van der Waals surface area contributed by atoms with Crippen molar-refractivity contribution in [2.24, 2.45) is 5.92 Å². The van der Waals surface area contributed by atoms with E-state index in [1.54, 1.807) is 31.3 Å². The molecule has 1 heterocycles. The van der Waals surface area contributed by atoms with Gasteiger partial charge in [0.25, 0.3) is 5.91 Å². The summed E-state index contributed by atoms with van der Waals surface area (Å²) in [4.78, 5) is 54.2. The second-order valence-corrected chi connectivity index (χ2v) is 9.73. The first-order chi connectivity index (χ1) is 18.2. The third-order valence-corrected chi connectivity index (χ3v) is 6.95. The molecule has 0 saturated carbocycles. The summed E-state index contributed by atoms with van der Waals surface area (Å²) >= 11 is 0. The zero-order valence-corrected chi connectivity index (χ0v) is 22.6. The van der Waals surface area contributed by atoms with E-state index in [0.29, 0.717) is 25.1 Å². The van der Waals surface area contributed by atoms with Gasteiger partial charge in [0.15, 0.2) is 0 Å². The van der Waals surface area contributed by atoms with Gasteiger partial charge in [-0.05, 0) is 42.5 Å². The molecule has 0 spiro atoms. The number of hydrogen-bond donors (Lipinski definition) is 3. The first kappa shape index (κ1) is 28.7. The van der Waals surface area contributed by atoms with Gasteiger partial charge in [0.2, 0.25) is 17.7 Å². The van der Waals surface area contributed by atoms with Crippen LogP contribution in [0.4, 0.5) is 0 Å². The maximum atomic E-state index is 13.2. The maximum Gasteiger partial charge on any atom is 0.255 e. The van der Waals surface area contributed by atoms with Crippen molar-refractivity contribution in [3.05, 3.63) is 65.2 Å². The summed E-state index contributed by atoms with van der Waals surface area (Å²) < 4.78 is 5.84. The van der Waals surface area contributed by atoms with E-state index in [0.717, 1.165) is 11.1 Å². The van der Waals surface area contributed by atoms with E-state index in [9.17, 15) is 19.2 Å². The number of para-hydroxylation sites is 1. The number of benzene rings is 2. The molecule has 204 valence electrons. The fourth-order valence-corrected chi connectivity index (χ4v) is 4.30. The fraction of sp³-hybridized carbons (Fsp3) is 0.448. The number of carbonyl (C=O) groups is 4. The number of likely N-dealkylation sites (N-methyl/N-ethyl adjacent to an activating group) is 1. The molecule has 1 aliphatic rings. The lowest BCUT2D eigenvalue weighted by Gasteiger charge is -2.29. The third kappa shape index (κ3) is 7.57. The molecule has 0 saturated heterocycles. The molecule has 0 aliphatic carbocycles. The van der Waals surface area contributed by atoms with Crippen molar-refractivity contribution >= 4 is 23.6 Å². The van der Waals surface area contributed by atoms with Gasteiger partial charge >= 0.3 is 0 Å². The van der Waals surface area contributed by atoms with Crippen LogP contribution in [0.3, 0.4) is 0 Å². The molecule has 0 fully saturated rings. The quantitative estimate of drug-likeness (QED) is 0.538. The van der Waals surface area contributed by atoms with Crippen LogP contribution in [-0.2, 0) is 20.8 Å². The van der Waals surface area contributed by atoms with Crippen LogP contribution < -0.4 is 20.7 Å². The van der Waals surface area contributed by atoms with Crippen LogP contribution in [0.25, 0.3) is 0 Å². The van der Waals surface area contributed by atoms with Gasteiger partial charge in [0.05, 0.1) is 18.5 Å². The van der Waals surface area contributed by atoms with E-state index in [4.69, 9.17) is 4.74 Å². The molecule has 0 radical (unpaired) electrons. The van der Waals surface area contributed by atoms with E-state index in [-0.39, 0.29) is 37.0 Å². The summed E-state index contributed by atoms with van der Waals surface area (Å²) in [6, 6.07) is 12.7. The van der Waals surface area contributed by atoms with Crippen LogP contribution in [0.5, 0.6) is 5.75 Å². The highest BCUT2D eigenvalue weighted by Gasteiger charge is 2.32. The number of nitrogens with one attached hydrogen (secondary N) is 3. The minimum atomic E-state index is -1.14. The van der Waals surface area contributed by atoms with Gasteiger partial charge in [0, 0.05) is 13.6 Å². The number of amides is 4. The largest absolute Gasteiger partial charge is 0.491 e. The molecule has 38 heavy (non-hydrogen) atoms. The van der Waals surface area contributed by atoms with Crippen molar-refractivity contribution in [1.82, 2.24) is 20.9 Å². The summed E-state index contributed by atoms with van der Waals surface area (Å²) in [5.74, 6) is -1.50. The highest BCUT2D eigenvalue weighted by Crippen LogP contribution is 2.19. The number of nitrogens with zero attached hydrogens (tertiary/aromatic N) is 1. The van der Waals surface area contributed by atoms with Crippen molar-refractivity contribution in [3.63, 3.8) is 0 Å². The average Bonchev–Trinajstić information content (AvgIpc) is 2.91. The van der Waals surface area contributed by atoms with Crippen LogP contribution in [0.15, 0.2) is 48.5 Å². The van der Waals surface area contributed by atoms with Gasteiger partial charge in [-0.2, -0.15) is 0 Å². The van der Waals surface area contributed by atoms with Crippen molar-refractivity contribution in [3.8, 4) is 5.75 Å². The first-order valence-electron chi connectivity index (χ1n) is 13.1. The number of ether oxygens (including phenoxy) is 1. The molecule has 3 atom stereocenters. The van der Waals surface area contributed by atoms with Gasteiger partial charge in [0.1, 0.15) is 24.4 Å². The van der Waals surface area contributed by atoms with E-state index in [1.807, 2.05) is 45.0 Å². The molecule has 3 rings (SSSR count). The zero-order valence-electron chi connectivity index (χ0n) is 22.6. The van der Waals surface area contributed by atoms with Crippen molar-refractivity contribution in [2.75, 3.05) is 26.7 Å². The Balaban J connectivity index is 1.84. The number of carbonyl (C=O) groups excluding carboxylic acids is 4. The van der Waals surface area contributed by atoms with Crippen LogP contribution >= 0.6 is 0 Å². The summed E-state index contributed by atoms with van der Waals surface area (Å²) in [5, 5.41) is 8.36. The molecule has 9 nitrogen and oxygen atoms in total. The second-order valence-electron chi connectivity index (χ2n) is 9.73. The molecular formula is C29H38N4O5. The Kier molecular flexibility index (Phi) is 10.3. The van der Waals surface area contributed by atoms with Crippen LogP contribution in [0.1, 0.15) is 48.2 Å². The number of rotatable bonds is 6. The summed E-state index contributed by atoms with van der Waals surface area (Å²) in [5.41, 5.74) is 2.47. The van der Waals surface area contributed by atoms with Crippen molar-refractivity contribution < 1.29 is 23.9 Å². The molecule has 1 aliphatic heterocycles. The molecule has 0 unspecified atom stereocenters. The standard InChI is InChI=1S/C29H38N4O5/c1-5-19(2)26-29(37)33(4)16-17-38-24-13-9-8-12-22(24)27(35)31-23(18-25(34)32-26)28(36)30-15-14-21-11-7-6-10-20(21)3/h6-13,19,23,26H,5,14-18H2,1-4H3,(H,30,36)(H,31,35)(H,32,34)/t19-,23+,26+/m1/s1. The molecule has 2 aromatic carbocycles. The second kappa shape index (κ2) is 13.6. The Hall–Kier alpha value is -3.88. The first-order valence-corrected chi connectivity index (χ1v) is 13.1. The summed E-state index contributed by atoms with van der Waals surface area (Å²) in [6.45, 7) is 6.63. The monoisotopic (exact) mass is 522 g/mol. The van der Waals surface area contributed by atoms with Crippen LogP contribution in [0, 0.1) is 12.8 Å². The topological polar surface area (TPSA) is 117 Å². The molecule has 4 amide bonds. The smallest absolute Gasteiger partial charge is 0.255 e. The van der Waals surface area contributed by atoms with E-state index in [1.165, 1.54) is 4.90 Å². The predicted molar refractivity (Wildman–Crippen MR) is 145 cm³/mol. The zero-order chi connectivity index (χ0) is 27.7. The normalized spacial score (nSPS) is 19.8. The van der Waals surface area contributed by atoms with Gasteiger partial charge in [-0.15, -0.1) is 0 Å². The Bertz CT molecular complexity index is 1150. The van der Waals surface area contributed by atoms with Crippen molar-refractivity contribution in [2.45, 2.75) is 52.1 Å².